The molecule has 0 unspecified atom stereocenters. The Balaban J connectivity index is 1.87. The molecule has 1 aliphatic rings. The van der Waals surface area contributed by atoms with Crippen molar-refractivity contribution in [2.24, 2.45) is 0 Å². The lowest BCUT2D eigenvalue weighted by Gasteiger charge is -2.32. The van der Waals surface area contributed by atoms with Crippen LogP contribution in [0.5, 0.6) is 0 Å². The van der Waals surface area contributed by atoms with Crippen molar-refractivity contribution in [2.75, 3.05) is 31.1 Å². The average molecular weight is 332 g/mol. The maximum absolute atomic E-state index is 11.0. The molecule has 8 nitrogen and oxygen atoms in total. The Kier molecular flexibility index (Phi) is 4.82. The summed E-state index contributed by atoms with van der Waals surface area (Å²) in [4.78, 5) is 23.7. The van der Waals surface area contributed by atoms with Crippen molar-refractivity contribution < 1.29 is 9.90 Å². The van der Waals surface area contributed by atoms with Gasteiger partial charge < -0.3 is 14.9 Å². The topological polar surface area (TPSA) is 86.9 Å². The van der Waals surface area contributed by atoms with E-state index in [0.29, 0.717) is 37.9 Å². The van der Waals surface area contributed by atoms with E-state index in [9.17, 15) is 4.79 Å². The van der Waals surface area contributed by atoms with E-state index in [2.05, 4.69) is 35.0 Å². The summed E-state index contributed by atoms with van der Waals surface area (Å²) in [5, 5.41) is 13.7. The van der Waals surface area contributed by atoms with Crippen molar-refractivity contribution >= 4 is 17.8 Å². The summed E-state index contributed by atoms with van der Waals surface area (Å²) < 4.78 is 1.83. The molecule has 3 heterocycles. The third-order valence-electron chi connectivity index (χ3n) is 4.27. The summed E-state index contributed by atoms with van der Waals surface area (Å²) in [6.45, 7) is 6.45. The summed E-state index contributed by atoms with van der Waals surface area (Å²) in [5.74, 6) is 1.28. The lowest BCUT2D eigenvalue weighted by atomic mass is 10.2. The van der Waals surface area contributed by atoms with Gasteiger partial charge >= 0.3 is 6.09 Å². The number of aryl methyl sites for hydroxylation is 2. The van der Waals surface area contributed by atoms with Gasteiger partial charge in [-0.25, -0.2) is 9.78 Å². The molecule has 1 N–H and O–H groups in total. The van der Waals surface area contributed by atoms with Crippen molar-refractivity contribution in [1.82, 2.24) is 24.5 Å². The molecule has 3 rings (SSSR count). The molecular formula is C16H24N6O2. The SMILES string of the molecule is CCCc1cc(CCC)n2nc(N3CCN(C(=O)O)CC3)nc2n1. The van der Waals surface area contributed by atoms with Gasteiger partial charge in [0.2, 0.25) is 5.95 Å². The zero-order chi connectivity index (χ0) is 17.1. The number of fused-ring (bicyclic) bond motifs is 1. The first-order valence-corrected chi connectivity index (χ1v) is 8.60. The van der Waals surface area contributed by atoms with Gasteiger partial charge in [-0.15, -0.1) is 5.10 Å². The summed E-state index contributed by atoms with van der Waals surface area (Å²) >= 11 is 0. The molecule has 0 bridgehead atoms. The number of piperazine rings is 1. The summed E-state index contributed by atoms with van der Waals surface area (Å²) in [6, 6.07) is 2.13. The Morgan fingerprint density at radius 1 is 1.12 bits per heavy atom. The smallest absolute Gasteiger partial charge is 0.407 e. The molecule has 130 valence electrons. The predicted molar refractivity (Wildman–Crippen MR) is 90.6 cm³/mol. The summed E-state index contributed by atoms with van der Waals surface area (Å²) in [7, 11) is 0. The first-order valence-electron chi connectivity index (χ1n) is 8.60. The highest BCUT2D eigenvalue weighted by Gasteiger charge is 2.23. The number of hydrogen-bond acceptors (Lipinski definition) is 5. The summed E-state index contributed by atoms with van der Waals surface area (Å²) in [5.41, 5.74) is 2.19. The Morgan fingerprint density at radius 3 is 2.46 bits per heavy atom. The standard InChI is InChI=1S/C16H24N6O2/c1-3-5-12-11-13(6-4-2)22-14(17-12)18-15(19-22)20-7-9-21(10-8-20)16(23)24/h11H,3-10H2,1-2H3,(H,23,24). The molecule has 1 fully saturated rings. The van der Waals surface area contributed by atoms with Gasteiger partial charge in [0, 0.05) is 37.6 Å². The lowest BCUT2D eigenvalue weighted by Crippen LogP contribution is -2.48. The van der Waals surface area contributed by atoms with E-state index >= 15 is 0 Å². The van der Waals surface area contributed by atoms with Crippen LogP contribution in [0.25, 0.3) is 5.78 Å². The maximum atomic E-state index is 11.0. The number of rotatable bonds is 5. The minimum atomic E-state index is -0.867. The van der Waals surface area contributed by atoms with E-state index < -0.39 is 6.09 Å². The number of carboxylic acid groups (broad SMARTS) is 1. The zero-order valence-electron chi connectivity index (χ0n) is 14.3. The highest BCUT2D eigenvalue weighted by Crippen LogP contribution is 2.16. The van der Waals surface area contributed by atoms with Crippen molar-refractivity contribution in [1.29, 1.82) is 0 Å². The molecule has 1 amide bonds. The third kappa shape index (κ3) is 3.27. The monoisotopic (exact) mass is 332 g/mol. The molecule has 0 saturated carbocycles. The fourth-order valence-corrected chi connectivity index (χ4v) is 3.02. The molecule has 0 aromatic carbocycles. The fourth-order valence-electron chi connectivity index (χ4n) is 3.02. The second-order valence-electron chi connectivity index (χ2n) is 6.12. The summed E-state index contributed by atoms with van der Waals surface area (Å²) in [6.07, 6.45) is 3.09. The van der Waals surface area contributed by atoms with E-state index in [1.807, 2.05) is 9.42 Å². The lowest BCUT2D eigenvalue weighted by molar-refractivity contribution is 0.142. The highest BCUT2D eigenvalue weighted by molar-refractivity contribution is 5.65. The van der Waals surface area contributed by atoms with Gasteiger partial charge in [-0.05, 0) is 18.9 Å². The molecule has 1 aliphatic heterocycles. The Labute approximate surface area is 141 Å². The molecule has 1 saturated heterocycles. The van der Waals surface area contributed by atoms with Crippen LogP contribution in [0.3, 0.4) is 0 Å². The first-order chi connectivity index (χ1) is 11.6. The number of amides is 1. The van der Waals surface area contributed by atoms with Gasteiger partial charge in [0.1, 0.15) is 0 Å². The Hall–Kier alpha value is -2.38. The molecule has 2 aromatic heterocycles. The molecule has 0 spiro atoms. The quantitative estimate of drug-likeness (QED) is 0.899. The van der Waals surface area contributed by atoms with Crippen LogP contribution in [0.1, 0.15) is 38.1 Å². The van der Waals surface area contributed by atoms with E-state index in [0.717, 1.165) is 37.1 Å². The number of aromatic nitrogens is 4. The molecule has 24 heavy (non-hydrogen) atoms. The van der Waals surface area contributed by atoms with Crippen molar-refractivity contribution in [3.63, 3.8) is 0 Å². The second-order valence-corrected chi connectivity index (χ2v) is 6.12. The molecule has 8 heteroatoms. The fraction of sp³-hybridized carbons (Fsp3) is 0.625. The van der Waals surface area contributed by atoms with Gasteiger partial charge in [-0.3, -0.25) is 0 Å². The van der Waals surface area contributed by atoms with Crippen molar-refractivity contribution in [3.8, 4) is 0 Å². The minimum Gasteiger partial charge on any atom is -0.465 e. The van der Waals surface area contributed by atoms with Crippen LogP contribution in [0, 0.1) is 0 Å². The number of hydrogen-bond donors (Lipinski definition) is 1. The van der Waals surface area contributed by atoms with Gasteiger partial charge in [0.15, 0.2) is 0 Å². The van der Waals surface area contributed by atoms with Gasteiger partial charge in [0.05, 0.1) is 0 Å². The predicted octanol–water partition coefficient (Wildman–Crippen LogP) is 1.83. The average Bonchev–Trinajstić information content (AvgIpc) is 3.00. The molecule has 2 aromatic rings. The zero-order valence-corrected chi connectivity index (χ0v) is 14.3. The highest BCUT2D eigenvalue weighted by atomic mass is 16.4. The van der Waals surface area contributed by atoms with Gasteiger partial charge in [-0.1, -0.05) is 26.7 Å². The van der Waals surface area contributed by atoms with Crippen LogP contribution in [-0.2, 0) is 12.8 Å². The van der Waals surface area contributed by atoms with Crippen LogP contribution in [-0.4, -0.2) is 61.9 Å². The van der Waals surface area contributed by atoms with Crippen molar-refractivity contribution in [2.45, 2.75) is 39.5 Å². The van der Waals surface area contributed by atoms with Crippen LogP contribution < -0.4 is 4.90 Å². The van der Waals surface area contributed by atoms with E-state index in [1.165, 1.54) is 4.90 Å². The number of carbonyl (C=O) groups is 1. The van der Waals surface area contributed by atoms with E-state index in [4.69, 9.17) is 5.11 Å². The van der Waals surface area contributed by atoms with Crippen LogP contribution >= 0.6 is 0 Å². The third-order valence-corrected chi connectivity index (χ3v) is 4.27. The van der Waals surface area contributed by atoms with Crippen LogP contribution in [0.15, 0.2) is 6.07 Å². The first kappa shape index (κ1) is 16.5. The van der Waals surface area contributed by atoms with E-state index in [1.54, 1.807) is 0 Å². The minimum absolute atomic E-state index is 0.473. The van der Waals surface area contributed by atoms with E-state index in [-0.39, 0.29) is 0 Å². The molecule has 0 radical (unpaired) electrons. The Morgan fingerprint density at radius 2 is 1.83 bits per heavy atom. The van der Waals surface area contributed by atoms with Gasteiger partial charge in [-0.2, -0.15) is 9.50 Å². The second kappa shape index (κ2) is 7.02. The van der Waals surface area contributed by atoms with Crippen molar-refractivity contribution in [3.05, 3.63) is 17.5 Å². The van der Waals surface area contributed by atoms with Crippen LogP contribution in [0.2, 0.25) is 0 Å². The van der Waals surface area contributed by atoms with Crippen LogP contribution in [0.4, 0.5) is 10.7 Å². The number of anilines is 1. The Bertz CT molecular complexity index is 721. The number of nitrogens with zero attached hydrogens (tertiary/aromatic N) is 6. The van der Waals surface area contributed by atoms with Gasteiger partial charge in [0.25, 0.3) is 5.78 Å². The normalized spacial score (nSPS) is 15.2. The molecule has 0 atom stereocenters. The largest absolute Gasteiger partial charge is 0.465 e. The molecule has 0 aliphatic carbocycles. The maximum Gasteiger partial charge on any atom is 0.407 e. The molecular weight excluding hydrogens is 308 g/mol.